The van der Waals surface area contributed by atoms with Gasteiger partial charge in [-0.2, -0.15) is 0 Å². The zero-order valence-corrected chi connectivity index (χ0v) is 10.1. The van der Waals surface area contributed by atoms with E-state index in [-0.39, 0.29) is 51.4 Å². The minimum atomic E-state index is -0.794. The van der Waals surface area contributed by atoms with E-state index in [9.17, 15) is 9.90 Å². The minimum Gasteiger partial charge on any atom is -0.846 e. The van der Waals surface area contributed by atoms with E-state index in [1.54, 1.807) is 20.8 Å². The van der Waals surface area contributed by atoms with Crippen molar-refractivity contribution in [2.24, 2.45) is 0 Å². The first kappa shape index (κ1) is 13.6. The molecule has 0 aromatic rings. The molecule has 0 bridgehead atoms. The Bertz CT molecular complexity index is 106. The van der Waals surface area contributed by atoms with Crippen molar-refractivity contribution in [3.8, 4) is 0 Å². The summed E-state index contributed by atoms with van der Waals surface area (Å²) in [5, 5.41) is 9.83. The second-order valence-electron chi connectivity index (χ2n) is 2.73. The van der Waals surface area contributed by atoms with E-state index < -0.39 is 18.2 Å². The van der Waals surface area contributed by atoms with Crippen molar-refractivity contribution in [1.82, 2.24) is 0 Å². The summed E-state index contributed by atoms with van der Waals surface area (Å²) < 4.78 is 4.64. The zero-order valence-electron chi connectivity index (χ0n) is 6.93. The largest absolute Gasteiger partial charge is 1.00 e. The molecule has 0 aromatic carbocycles. The van der Waals surface area contributed by atoms with Gasteiger partial charge in [0.05, 0.1) is 0 Å². The Morgan fingerprint density at radius 2 is 1.90 bits per heavy atom. The van der Waals surface area contributed by atoms with Gasteiger partial charge in [-0.3, -0.25) is 4.79 Å². The maximum absolute atomic E-state index is 10.3. The molecule has 54 valence electrons. The molecule has 0 N–H and O–H groups in total. The molecule has 0 saturated carbocycles. The summed E-state index contributed by atoms with van der Waals surface area (Å²) in [6, 6.07) is 0. The van der Waals surface area contributed by atoms with Gasteiger partial charge in [0.1, 0.15) is 5.60 Å². The molecule has 0 saturated heterocycles. The number of hydrogen-bond acceptors (Lipinski definition) is 3. The fraction of sp³-hybridized carbons (Fsp3) is 0.833. The molecule has 0 heterocycles. The fourth-order valence-electron chi connectivity index (χ4n) is 0.371. The second kappa shape index (κ2) is 5.68. The summed E-state index contributed by atoms with van der Waals surface area (Å²) in [5.41, 5.74) is -0.526. The van der Waals surface area contributed by atoms with Crippen molar-refractivity contribution >= 4 is 5.97 Å². The zero-order chi connectivity index (χ0) is 7.49. The van der Waals surface area contributed by atoms with Crippen LogP contribution in [0.1, 0.15) is 20.8 Å². The number of carbonyl (C=O) groups is 1. The predicted molar refractivity (Wildman–Crippen MR) is 30.7 cm³/mol. The Morgan fingerprint density at radius 1 is 1.50 bits per heavy atom. The van der Waals surface area contributed by atoms with Gasteiger partial charge in [-0.25, -0.2) is 0 Å². The van der Waals surface area contributed by atoms with Crippen LogP contribution in [0.25, 0.3) is 0 Å². The third kappa shape index (κ3) is 9.07. The van der Waals surface area contributed by atoms with Crippen molar-refractivity contribution in [1.29, 1.82) is 0 Å². The van der Waals surface area contributed by atoms with E-state index in [0.29, 0.717) is 0 Å². The molecule has 0 aromatic heterocycles. The van der Waals surface area contributed by atoms with Crippen LogP contribution in [0.15, 0.2) is 0 Å². The quantitative estimate of drug-likeness (QED) is 0.306. The van der Waals surface area contributed by atoms with Gasteiger partial charge >= 0.3 is 51.4 Å². The molecule has 10 heavy (non-hydrogen) atoms. The predicted octanol–water partition coefficient (Wildman–Crippen LogP) is -3.31. The van der Waals surface area contributed by atoms with Crippen molar-refractivity contribution in [2.75, 3.05) is 6.61 Å². The summed E-state index contributed by atoms with van der Waals surface area (Å²) in [5.74, 6) is -0.692. The summed E-state index contributed by atoms with van der Waals surface area (Å²) in [7, 11) is 0. The van der Waals surface area contributed by atoms with Crippen molar-refractivity contribution in [3.05, 3.63) is 0 Å². The first-order valence-corrected chi connectivity index (χ1v) is 2.75. The molecule has 0 aliphatic carbocycles. The number of esters is 1. The number of carbonyl (C=O) groups excluding carboxylic acids is 1. The van der Waals surface area contributed by atoms with Gasteiger partial charge in [0.2, 0.25) is 0 Å². The Labute approximate surface area is 104 Å². The summed E-state index contributed by atoms with van der Waals surface area (Å²) in [4.78, 5) is 10.3. The van der Waals surface area contributed by atoms with Gasteiger partial charge in [-0.15, -0.1) is 0 Å². The molecule has 0 fully saturated rings. The van der Waals surface area contributed by atoms with Crippen LogP contribution < -0.4 is 56.5 Å². The van der Waals surface area contributed by atoms with Gasteiger partial charge in [-0.1, -0.05) is 0 Å². The molecule has 0 aliphatic rings. The summed E-state index contributed by atoms with van der Waals surface area (Å²) in [6.45, 7) is 4.37. The van der Waals surface area contributed by atoms with Crippen molar-refractivity contribution in [3.63, 3.8) is 0 Å². The van der Waals surface area contributed by atoms with Gasteiger partial charge in [0.25, 0.3) is 5.97 Å². The average molecular weight is 170 g/mol. The van der Waals surface area contributed by atoms with Crippen LogP contribution in [-0.4, -0.2) is 18.2 Å². The summed E-state index contributed by atoms with van der Waals surface area (Å²) in [6.07, 6.45) is 0. The SMILES string of the molecule is CC(C)(C)OC(=O)C[O-].[K+]. The molecular formula is C6H11KO3. The first-order chi connectivity index (χ1) is 3.95. The van der Waals surface area contributed by atoms with Crippen LogP contribution in [0.3, 0.4) is 0 Å². The van der Waals surface area contributed by atoms with Gasteiger partial charge < -0.3 is 9.84 Å². The van der Waals surface area contributed by atoms with Crippen LogP contribution in [0.5, 0.6) is 0 Å². The van der Waals surface area contributed by atoms with E-state index >= 15 is 0 Å². The topological polar surface area (TPSA) is 49.4 Å². The van der Waals surface area contributed by atoms with Crippen LogP contribution >= 0.6 is 0 Å². The maximum Gasteiger partial charge on any atom is 1.00 e. The molecule has 0 aliphatic heterocycles. The molecule has 0 amide bonds. The van der Waals surface area contributed by atoms with E-state index in [1.807, 2.05) is 0 Å². The molecule has 0 rings (SSSR count). The summed E-state index contributed by atoms with van der Waals surface area (Å²) >= 11 is 0. The monoisotopic (exact) mass is 170 g/mol. The van der Waals surface area contributed by atoms with Crippen LogP contribution in [0, 0.1) is 0 Å². The number of hydrogen-bond donors (Lipinski definition) is 0. The van der Waals surface area contributed by atoms with Crippen LogP contribution in [0.2, 0.25) is 0 Å². The molecular weight excluding hydrogens is 159 g/mol. The minimum absolute atomic E-state index is 0. The van der Waals surface area contributed by atoms with E-state index in [4.69, 9.17) is 0 Å². The van der Waals surface area contributed by atoms with Crippen molar-refractivity contribution < 1.29 is 66.0 Å². The van der Waals surface area contributed by atoms with E-state index in [1.165, 1.54) is 0 Å². The van der Waals surface area contributed by atoms with Crippen LogP contribution in [0.4, 0.5) is 0 Å². The molecule has 0 spiro atoms. The normalized spacial score (nSPS) is 10.0. The molecule has 0 unspecified atom stereocenters. The third-order valence-corrected chi connectivity index (χ3v) is 0.538. The van der Waals surface area contributed by atoms with Crippen molar-refractivity contribution in [2.45, 2.75) is 26.4 Å². The van der Waals surface area contributed by atoms with Gasteiger partial charge in [0.15, 0.2) is 0 Å². The molecule has 4 heteroatoms. The Balaban J connectivity index is 0. The van der Waals surface area contributed by atoms with E-state index in [0.717, 1.165) is 0 Å². The maximum atomic E-state index is 10.3. The fourth-order valence-corrected chi connectivity index (χ4v) is 0.371. The number of rotatable bonds is 1. The Kier molecular flexibility index (Phi) is 7.75. The van der Waals surface area contributed by atoms with E-state index in [2.05, 4.69) is 4.74 Å². The first-order valence-electron chi connectivity index (χ1n) is 2.75. The third-order valence-electron chi connectivity index (χ3n) is 0.538. The Hall–Kier alpha value is 1.07. The average Bonchev–Trinajstić information content (AvgIpc) is 1.62. The molecule has 0 radical (unpaired) electrons. The standard InChI is InChI=1S/C6H11O3.K/c1-6(2,3)9-5(8)4-7;/h4H2,1-3H3;/q-1;+1. The van der Waals surface area contributed by atoms with Crippen LogP contribution in [-0.2, 0) is 9.53 Å². The molecule has 3 nitrogen and oxygen atoms in total. The van der Waals surface area contributed by atoms with Gasteiger partial charge in [-0.05, 0) is 27.4 Å². The number of ether oxygens (including phenoxy) is 1. The second-order valence-corrected chi connectivity index (χ2v) is 2.73. The molecule has 0 atom stereocenters. The smallest absolute Gasteiger partial charge is 0.846 e. The van der Waals surface area contributed by atoms with Gasteiger partial charge in [0, 0.05) is 0 Å². The Morgan fingerprint density at radius 3 is 2.00 bits per heavy atom.